The van der Waals surface area contributed by atoms with Crippen LogP contribution in [0, 0.1) is 0 Å². The van der Waals surface area contributed by atoms with Crippen molar-refractivity contribution in [1.29, 1.82) is 0 Å². The number of ether oxygens (including phenoxy) is 3. The number of nitrogens with zero attached hydrogens (tertiary/aromatic N) is 2. The zero-order valence-corrected chi connectivity index (χ0v) is 22.7. The van der Waals surface area contributed by atoms with Crippen LogP contribution in [0.4, 0.5) is 5.69 Å². The maximum Gasteiger partial charge on any atom is 0.244 e. The van der Waals surface area contributed by atoms with Gasteiger partial charge < -0.3 is 24.4 Å². The van der Waals surface area contributed by atoms with E-state index in [9.17, 15) is 18.0 Å². The number of benzene rings is 2. The van der Waals surface area contributed by atoms with E-state index < -0.39 is 28.5 Å². The quantitative estimate of drug-likeness (QED) is 0.472. The van der Waals surface area contributed by atoms with E-state index in [1.807, 2.05) is 26.8 Å². The highest BCUT2D eigenvalue weighted by atomic mass is 32.2. The van der Waals surface area contributed by atoms with Gasteiger partial charge in [-0.25, -0.2) is 8.42 Å². The number of anilines is 1. The normalized spacial score (nSPS) is 13.6. The molecule has 11 heteroatoms. The molecule has 0 bridgehead atoms. The highest BCUT2D eigenvalue weighted by Crippen LogP contribution is 2.34. The van der Waals surface area contributed by atoms with Crippen molar-refractivity contribution >= 4 is 27.5 Å². The Bertz CT molecular complexity index is 1220. The van der Waals surface area contributed by atoms with Crippen molar-refractivity contribution in [1.82, 2.24) is 10.2 Å². The molecule has 2 aromatic rings. The fourth-order valence-corrected chi connectivity index (χ4v) is 4.91. The molecule has 1 aliphatic rings. The molecule has 0 aliphatic carbocycles. The van der Waals surface area contributed by atoms with Gasteiger partial charge in [0.1, 0.15) is 31.5 Å². The predicted molar refractivity (Wildman–Crippen MR) is 141 cm³/mol. The van der Waals surface area contributed by atoms with Crippen LogP contribution in [-0.2, 0) is 26.2 Å². The first-order valence-corrected chi connectivity index (χ1v) is 14.0. The van der Waals surface area contributed by atoms with Gasteiger partial charge in [-0.1, -0.05) is 19.1 Å². The lowest BCUT2D eigenvalue weighted by Crippen LogP contribution is -2.53. The molecule has 2 aromatic carbocycles. The molecule has 0 aromatic heterocycles. The molecule has 1 aliphatic heterocycles. The molecule has 1 atom stereocenters. The molecule has 0 unspecified atom stereocenters. The van der Waals surface area contributed by atoms with Gasteiger partial charge in [0, 0.05) is 18.7 Å². The van der Waals surface area contributed by atoms with E-state index >= 15 is 0 Å². The Morgan fingerprint density at radius 2 is 1.78 bits per heavy atom. The van der Waals surface area contributed by atoms with Gasteiger partial charge in [0.2, 0.25) is 21.8 Å². The van der Waals surface area contributed by atoms with Crippen LogP contribution < -0.4 is 23.8 Å². The molecule has 0 radical (unpaired) electrons. The first-order valence-electron chi connectivity index (χ1n) is 12.1. The van der Waals surface area contributed by atoms with Crippen LogP contribution in [0.3, 0.4) is 0 Å². The van der Waals surface area contributed by atoms with Crippen molar-refractivity contribution in [3.8, 4) is 17.2 Å². The van der Waals surface area contributed by atoms with Crippen molar-refractivity contribution in [2.45, 2.75) is 45.8 Å². The third-order valence-corrected chi connectivity index (χ3v) is 6.94. The summed E-state index contributed by atoms with van der Waals surface area (Å²) in [5, 5.41) is 2.87. The summed E-state index contributed by atoms with van der Waals surface area (Å²) in [7, 11) is -2.31. The lowest BCUT2D eigenvalue weighted by atomic mass is 10.1. The monoisotopic (exact) mass is 533 g/mol. The highest BCUT2D eigenvalue weighted by molar-refractivity contribution is 7.92. The number of rotatable bonds is 11. The van der Waals surface area contributed by atoms with Crippen molar-refractivity contribution in [3.63, 3.8) is 0 Å². The van der Waals surface area contributed by atoms with Crippen LogP contribution in [0.1, 0.15) is 32.8 Å². The summed E-state index contributed by atoms with van der Waals surface area (Å²) in [6.45, 7) is 5.83. The molecule has 1 N–H and O–H groups in total. The third-order valence-electron chi connectivity index (χ3n) is 5.80. The van der Waals surface area contributed by atoms with Gasteiger partial charge >= 0.3 is 0 Å². The van der Waals surface area contributed by atoms with Gasteiger partial charge in [0.25, 0.3) is 0 Å². The number of fused-ring (bicyclic) bond motifs is 1. The summed E-state index contributed by atoms with van der Waals surface area (Å²) >= 11 is 0. The van der Waals surface area contributed by atoms with E-state index in [1.165, 1.54) is 11.0 Å². The maximum atomic E-state index is 13.8. The van der Waals surface area contributed by atoms with Crippen LogP contribution in [0.25, 0.3) is 0 Å². The van der Waals surface area contributed by atoms with Crippen molar-refractivity contribution in [3.05, 3.63) is 48.0 Å². The number of sulfonamides is 1. The molecular formula is C26H35N3O7S. The lowest BCUT2D eigenvalue weighted by Gasteiger charge is -2.33. The van der Waals surface area contributed by atoms with Crippen LogP contribution in [-0.4, -0.2) is 70.3 Å². The first kappa shape index (κ1) is 28.1. The van der Waals surface area contributed by atoms with Gasteiger partial charge in [0.05, 0.1) is 19.1 Å². The Morgan fingerprint density at radius 1 is 1.08 bits per heavy atom. The zero-order chi connectivity index (χ0) is 27.2. The number of carbonyl (C=O) groups excluding carboxylic acids is 2. The minimum Gasteiger partial charge on any atom is -0.497 e. The van der Waals surface area contributed by atoms with Crippen LogP contribution in [0.5, 0.6) is 17.2 Å². The topological polar surface area (TPSA) is 114 Å². The van der Waals surface area contributed by atoms with Gasteiger partial charge in [0.15, 0.2) is 11.5 Å². The van der Waals surface area contributed by atoms with Crippen LogP contribution >= 0.6 is 0 Å². The molecule has 0 saturated carbocycles. The Morgan fingerprint density at radius 3 is 2.41 bits per heavy atom. The van der Waals surface area contributed by atoms with Gasteiger partial charge in [-0.3, -0.25) is 13.9 Å². The molecular weight excluding hydrogens is 498 g/mol. The second kappa shape index (κ2) is 12.2. The van der Waals surface area contributed by atoms with E-state index in [2.05, 4.69) is 5.32 Å². The maximum absolute atomic E-state index is 13.8. The summed E-state index contributed by atoms with van der Waals surface area (Å²) in [4.78, 5) is 28.2. The molecule has 3 rings (SSSR count). The third kappa shape index (κ3) is 7.28. The molecule has 37 heavy (non-hydrogen) atoms. The van der Waals surface area contributed by atoms with Gasteiger partial charge in [-0.2, -0.15) is 0 Å². The van der Waals surface area contributed by atoms with E-state index in [0.29, 0.717) is 36.9 Å². The number of nitrogens with one attached hydrogen (secondary N) is 1. The summed E-state index contributed by atoms with van der Waals surface area (Å²) in [6, 6.07) is 11.0. The minimum atomic E-state index is -3.86. The molecule has 0 saturated heterocycles. The average molecular weight is 534 g/mol. The minimum absolute atomic E-state index is 0.0960. The smallest absolute Gasteiger partial charge is 0.244 e. The summed E-state index contributed by atoms with van der Waals surface area (Å²) in [6.07, 6.45) is 1.38. The van der Waals surface area contributed by atoms with Crippen LogP contribution in [0.15, 0.2) is 42.5 Å². The van der Waals surface area contributed by atoms with Crippen molar-refractivity contribution < 1.29 is 32.2 Å². The summed E-state index contributed by atoms with van der Waals surface area (Å²) in [5.74, 6) is 0.693. The Kier molecular flexibility index (Phi) is 9.25. The fourth-order valence-electron chi connectivity index (χ4n) is 4.07. The Balaban J connectivity index is 1.96. The molecule has 0 spiro atoms. The van der Waals surface area contributed by atoms with Crippen LogP contribution in [0.2, 0.25) is 0 Å². The molecule has 10 nitrogen and oxygen atoms in total. The van der Waals surface area contributed by atoms with E-state index in [-0.39, 0.29) is 24.2 Å². The zero-order valence-electron chi connectivity index (χ0n) is 21.9. The van der Waals surface area contributed by atoms with Gasteiger partial charge in [-0.15, -0.1) is 0 Å². The highest BCUT2D eigenvalue weighted by Gasteiger charge is 2.32. The van der Waals surface area contributed by atoms with Gasteiger partial charge in [-0.05, 0) is 50.1 Å². The molecule has 0 fully saturated rings. The van der Waals surface area contributed by atoms with Crippen molar-refractivity contribution in [2.24, 2.45) is 0 Å². The second-order valence-corrected chi connectivity index (χ2v) is 11.0. The fraction of sp³-hybridized carbons (Fsp3) is 0.462. The summed E-state index contributed by atoms with van der Waals surface area (Å²) in [5.41, 5.74) is 1.01. The Labute approximate surface area is 218 Å². The first-order chi connectivity index (χ1) is 17.5. The van der Waals surface area contributed by atoms with E-state index in [0.717, 1.165) is 16.1 Å². The number of methoxy groups -OCH3 is 1. The SMILES string of the molecule is CC[C@H](C(=O)NC(C)C)N(Cc1cccc(OC)c1)C(=O)CN(c1ccc2c(c1)OCCO2)S(C)(=O)=O. The second-order valence-electron chi connectivity index (χ2n) is 9.06. The standard InChI is InChI=1S/C26H35N3O7S/c1-6-22(26(31)27-18(2)3)28(16-19-8-7-9-21(14-19)34-4)25(30)17-29(37(5,32)33)20-10-11-23-24(15-20)36-13-12-35-23/h7-11,14-15,18,22H,6,12-13,16-17H2,1-5H3,(H,27,31)/t22-/m1/s1. The largest absolute Gasteiger partial charge is 0.497 e. The number of hydrogen-bond donors (Lipinski definition) is 1. The Hall–Kier alpha value is -3.47. The van der Waals surface area contributed by atoms with E-state index in [1.54, 1.807) is 37.4 Å². The predicted octanol–water partition coefficient (Wildman–Crippen LogP) is 2.56. The molecule has 202 valence electrons. The molecule has 2 amide bonds. The number of amides is 2. The molecule has 1 heterocycles. The number of hydrogen-bond acceptors (Lipinski definition) is 7. The van der Waals surface area contributed by atoms with Crippen molar-refractivity contribution in [2.75, 3.05) is 37.4 Å². The summed E-state index contributed by atoms with van der Waals surface area (Å²) < 4.78 is 43.1. The lowest BCUT2D eigenvalue weighted by molar-refractivity contribution is -0.140. The van der Waals surface area contributed by atoms with E-state index in [4.69, 9.17) is 14.2 Å². The number of carbonyl (C=O) groups is 2. The average Bonchev–Trinajstić information content (AvgIpc) is 2.85.